The van der Waals surface area contributed by atoms with Crippen LogP contribution in [0.5, 0.6) is 0 Å². The van der Waals surface area contributed by atoms with Gasteiger partial charge >= 0.3 is 0 Å². The van der Waals surface area contributed by atoms with Crippen LogP contribution in [0.2, 0.25) is 0 Å². The topological polar surface area (TPSA) is 60.2 Å². The fourth-order valence-corrected chi connectivity index (χ4v) is 5.38. The molecule has 0 fully saturated rings. The molecule has 0 aliphatic rings. The largest absolute Gasteiger partial charge is 0.300 e. The Kier molecular flexibility index (Phi) is 5.69. The summed E-state index contributed by atoms with van der Waals surface area (Å²) in [5, 5.41) is 6.03. The van der Waals surface area contributed by atoms with Crippen molar-refractivity contribution in [2.45, 2.75) is 66.2 Å². The van der Waals surface area contributed by atoms with Gasteiger partial charge in [0.25, 0.3) is 0 Å². The summed E-state index contributed by atoms with van der Waals surface area (Å²) in [5.74, 6) is 0.649. The molecule has 30 heavy (non-hydrogen) atoms. The number of aryl methyl sites for hydroxylation is 2. The molecular formula is C24H28N4OS. The summed E-state index contributed by atoms with van der Waals surface area (Å²) in [6.07, 6.45) is 5.73. The number of ketones is 1. The molecule has 0 aliphatic carbocycles. The summed E-state index contributed by atoms with van der Waals surface area (Å²) in [6, 6.07) is 6.36. The van der Waals surface area contributed by atoms with Gasteiger partial charge in [-0.25, -0.2) is 14.5 Å². The second-order valence-corrected chi connectivity index (χ2v) is 9.23. The van der Waals surface area contributed by atoms with E-state index in [0.29, 0.717) is 12.3 Å². The summed E-state index contributed by atoms with van der Waals surface area (Å²) in [4.78, 5) is 21.4. The van der Waals surface area contributed by atoms with Crippen LogP contribution in [0.4, 0.5) is 0 Å². The van der Waals surface area contributed by atoms with Crippen LogP contribution >= 0.6 is 11.3 Å². The Morgan fingerprint density at radius 2 is 1.97 bits per heavy atom. The second-order valence-electron chi connectivity index (χ2n) is 8.17. The van der Waals surface area contributed by atoms with Crippen LogP contribution in [0.1, 0.15) is 67.8 Å². The molecule has 1 aromatic carbocycles. The quantitative estimate of drug-likeness (QED) is 0.365. The third kappa shape index (κ3) is 3.88. The van der Waals surface area contributed by atoms with Gasteiger partial charge in [0.05, 0.1) is 32.8 Å². The minimum absolute atomic E-state index is 0.120. The van der Waals surface area contributed by atoms with E-state index in [1.54, 1.807) is 22.8 Å². The van der Waals surface area contributed by atoms with Crippen molar-refractivity contribution in [3.63, 3.8) is 0 Å². The lowest BCUT2D eigenvalue weighted by molar-refractivity contribution is -0.116. The van der Waals surface area contributed by atoms with Gasteiger partial charge in [-0.1, -0.05) is 20.3 Å². The van der Waals surface area contributed by atoms with Gasteiger partial charge in [-0.3, -0.25) is 4.79 Å². The zero-order valence-electron chi connectivity index (χ0n) is 18.3. The Labute approximate surface area is 181 Å². The summed E-state index contributed by atoms with van der Waals surface area (Å²) < 4.78 is 3.00. The van der Waals surface area contributed by atoms with Crippen LogP contribution in [-0.2, 0) is 11.2 Å². The summed E-state index contributed by atoms with van der Waals surface area (Å²) in [5.41, 5.74) is 6.73. The Balaban J connectivity index is 1.84. The van der Waals surface area contributed by atoms with Crippen LogP contribution in [0.15, 0.2) is 24.4 Å². The third-order valence-electron chi connectivity index (χ3n) is 5.54. The van der Waals surface area contributed by atoms with Gasteiger partial charge in [0, 0.05) is 23.5 Å². The average Bonchev–Trinajstić information content (AvgIpc) is 3.28. The third-order valence-corrected chi connectivity index (χ3v) is 6.70. The first-order valence-electron chi connectivity index (χ1n) is 10.7. The maximum absolute atomic E-state index is 11.8. The van der Waals surface area contributed by atoms with Gasteiger partial charge in [-0.05, 0) is 57.4 Å². The predicted molar refractivity (Wildman–Crippen MR) is 123 cm³/mol. The predicted octanol–water partition coefficient (Wildman–Crippen LogP) is 6.05. The number of nitrogens with zero attached hydrogens (tertiary/aromatic N) is 4. The highest BCUT2D eigenvalue weighted by molar-refractivity contribution is 7.18. The molecule has 1 unspecified atom stereocenters. The number of thiazole rings is 1. The van der Waals surface area contributed by atoms with Gasteiger partial charge in [0.1, 0.15) is 5.78 Å². The van der Waals surface area contributed by atoms with E-state index >= 15 is 0 Å². The molecule has 0 aliphatic heterocycles. The Hall–Kier alpha value is -2.60. The van der Waals surface area contributed by atoms with Crippen molar-refractivity contribution in [3.05, 3.63) is 46.2 Å². The molecule has 3 aromatic heterocycles. The Bertz CT molecular complexity index is 1240. The van der Waals surface area contributed by atoms with Crippen LogP contribution in [0.25, 0.3) is 27.1 Å². The minimum atomic E-state index is 0.120. The van der Waals surface area contributed by atoms with E-state index in [2.05, 4.69) is 37.9 Å². The Morgan fingerprint density at radius 3 is 2.67 bits per heavy atom. The molecule has 0 N–H and O–H groups in total. The second kappa shape index (κ2) is 8.26. The highest BCUT2D eigenvalue weighted by Crippen LogP contribution is 2.36. The van der Waals surface area contributed by atoms with E-state index in [1.807, 2.05) is 19.2 Å². The number of rotatable bonds is 7. The Morgan fingerprint density at radius 1 is 1.17 bits per heavy atom. The molecule has 5 nitrogen and oxygen atoms in total. The molecule has 0 bridgehead atoms. The summed E-state index contributed by atoms with van der Waals surface area (Å²) in [6.45, 7) is 10.2. The first-order chi connectivity index (χ1) is 14.4. The maximum Gasteiger partial charge on any atom is 0.157 e. The number of fused-ring (bicyclic) bond motifs is 2. The smallest absolute Gasteiger partial charge is 0.157 e. The molecular weight excluding hydrogens is 392 g/mol. The van der Waals surface area contributed by atoms with E-state index in [9.17, 15) is 4.79 Å². The first-order valence-corrected chi connectivity index (χ1v) is 11.5. The number of aromatic nitrogens is 4. The fraction of sp³-hybridized carbons (Fsp3) is 0.417. The molecule has 0 radical (unpaired) electrons. The van der Waals surface area contributed by atoms with Gasteiger partial charge in [-0.2, -0.15) is 5.10 Å². The number of hydrogen-bond donors (Lipinski definition) is 0. The molecule has 0 amide bonds. The highest BCUT2D eigenvalue weighted by Gasteiger charge is 2.17. The number of imidazole rings is 1. The van der Waals surface area contributed by atoms with E-state index in [-0.39, 0.29) is 5.78 Å². The van der Waals surface area contributed by atoms with Crippen molar-refractivity contribution in [1.29, 1.82) is 0 Å². The summed E-state index contributed by atoms with van der Waals surface area (Å²) >= 11 is 1.80. The maximum atomic E-state index is 11.8. The van der Waals surface area contributed by atoms with Crippen LogP contribution < -0.4 is 0 Å². The number of Topliss-reactive ketones (excluding diaryl/α,β-unsaturated/α-hetero) is 1. The lowest BCUT2D eigenvalue weighted by atomic mass is 10.0. The van der Waals surface area contributed by atoms with E-state index in [1.165, 1.54) is 22.5 Å². The average molecular weight is 421 g/mol. The number of carbonyl (C=O) groups excluding carboxylic acids is 1. The van der Waals surface area contributed by atoms with Crippen LogP contribution in [-0.4, -0.2) is 25.4 Å². The van der Waals surface area contributed by atoms with Crippen molar-refractivity contribution in [3.8, 4) is 11.3 Å². The first kappa shape index (κ1) is 20.7. The van der Waals surface area contributed by atoms with Crippen LogP contribution in [0, 0.1) is 13.8 Å². The number of carbonyl (C=O) groups is 1. The van der Waals surface area contributed by atoms with E-state index in [4.69, 9.17) is 10.1 Å². The monoisotopic (exact) mass is 420 g/mol. The lowest BCUT2D eigenvalue weighted by Crippen LogP contribution is -2.03. The SMILES string of the molecule is CCCC(CC)c1nc2c(C)cc(-c3cc(CC(C)=O)c4nc(C)cn4n3)cc2s1. The van der Waals surface area contributed by atoms with Crippen molar-refractivity contribution < 1.29 is 4.79 Å². The van der Waals surface area contributed by atoms with Crippen molar-refractivity contribution in [1.82, 2.24) is 19.6 Å². The van der Waals surface area contributed by atoms with Crippen molar-refractivity contribution >= 4 is 33.0 Å². The highest BCUT2D eigenvalue weighted by atomic mass is 32.1. The van der Waals surface area contributed by atoms with E-state index in [0.717, 1.165) is 45.7 Å². The molecule has 6 heteroatoms. The zero-order valence-corrected chi connectivity index (χ0v) is 19.1. The molecule has 0 saturated heterocycles. The van der Waals surface area contributed by atoms with Gasteiger partial charge < -0.3 is 0 Å². The summed E-state index contributed by atoms with van der Waals surface area (Å²) in [7, 11) is 0. The normalized spacial score (nSPS) is 12.7. The lowest BCUT2D eigenvalue weighted by Gasteiger charge is -2.09. The molecule has 4 rings (SSSR count). The zero-order chi connectivity index (χ0) is 21.4. The van der Waals surface area contributed by atoms with Crippen molar-refractivity contribution in [2.75, 3.05) is 0 Å². The van der Waals surface area contributed by atoms with Crippen LogP contribution in [0.3, 0.4) is 0 Å². The molecule has 0 spiro atoms. The molecule has 4 aromatic rings. The number of hydrogen-bond acceptors (Lipinski definition) is 5. The molecule has 156 valence electrons. The van der Waals surface area contributed by atoms with Gasteiger partial charge in [0.15, 0.2) is 5.65 Å². The number of benzene rings is 1. The van der Waals surface area contributed by atoms with Crippen molar-refractivity contribution in [2.24, 2.45) is 0 Å². The minimum Gasteiger partial charge on any atom is -0.300 e. The fourth-order valence-electron chi connectivity index (χ4n) is 4.08. The standard InChI is InChI=1S/C24H28N4OS/c1-6-8-17(7-2)24-26-22-14(3)9-18(12-21(22)30-24)20-11-19(10-16(5)29)23-25-15(4)13-28(23)27-20/h9,11-13,17H,6-8,10H2,1-5H3. The molecule has 3 heterocycles. The van der Waals surface area contributed by atoms with Gasteiger partial charge in [0.2, 0.25) is 0 Å². The van der Waals surface area contributed by atoms with E-state index < -0.39 is 0 Å². The molecule has 0 saturated carbocycles. The van der Waals surface area contributed by atoms with Gasteiger partial charge in [-0.15, -0.1) is 11.3 Å². The molecule has 1 atom stereocenters.